The first-order valence-electron chi connectivity index (χ1n) is 3.96. The number of halogens is 1. The number of aromatic nitrogens is 1. The van der Waals surface area contributed by atoms with E-state index in [0.717, 1.165) is 0 Å². The third-order valence-electron chi connectivity index (χ3n) is 1.95. The number of rotatable bonds is 1. The second kappa shape index (κ2) is 3.06. The molecule has 0 aliphatic carbocycles. The van der Waals surface area contributed by atoms with E-state index in [1.165, 1.54) is 24.4 Å². The van der Waals surface area contributed by atoms with Crippen molar-refractivity contribution in [3.8, 4) is 0 Å². The molecule has 0 saturated carbocycles. The molecule has 4 heteroatoms. The zero-order chi connectivity index (χ0) is 10.1. The molecular weight excluding hydrogens is 185 g/mol. The lowest BCUT2D eigenvalue weighted by Gasteiger charge is -2.01. The first-order chi connectivity index (χ1) is 6.70. The predicted octanol–water partition coefficient (Wildman–Crippen LogP) is 2.07. The van der Waals surface area contributed by atoms with Crippen LogP contribution in [0.1, 0.15) is 10.4 Å². The lowest BCUT2D eigenvalue weighted by atomic mass is 10.1. The Balaban J connectivity index is 2.91. The van der Waals surface area contributed by atoms with Gasteiger partial charge in [0.25, 0.3) is 0 Å². The van der Waals surface area contributed by atoms with Gasteiger partial charge >= 0.3 is 5.97 Å². The van der Waals surface area contributed by atoms with Gasteiger partial charge in [0.1, 0.15) is 5.82 Å². The lowest BCUT2D eigenvalue weighted by molar-refractivity contribution is 0.0698. The van der Waals surface area contributed by atoms with Gasteiger partial charge in [0.2, 0.25) is 0 Å². The molecule has 0 unspecified atom stereocenters. The zero-order valence-electron chi connectivity index (χ0n) is 7.07. The van der Waals surface area contributed by atoms with Crippen LogP contribution in [0.2, 0.25) is 0 Å². The summed E-state index contributed by atoms with van der Waals surface area (Å²) < 4.78 is 13.3. The van der Waals surface area contributed by atoms with Gasteiger partial charge in [-0.05, 0) is 18.2 Å². The van der Waals surface area contributed by atoms with E-state index in [2.05, 4.69) is 4.98 Å². The van der Waals surface area contributed by atoms with Crippen molar-refractivity contribution >= 4 is 16.9 Å². The minimum absolute atomic E-state index is 0.0579. The summed E-state index contributed by atoms with van der Waals surface area (Å²) in [5.41, 5.74) is 0.290. The highest BCUT2D eigenvalue weighted by atomic mass is 19.1. The molecule has 1 aromatic heterocycles. The minimum Gasteiger partial charge on any atom is -0.478 e. The molecule has 1 N–H and O–H groups in total. The quantitative estimate of drug-likeness (QED) is 0.750. The monoisotopic (exact) mass is 191 g/mol. The van der Waals surface area contributed by atoms with Gasteiger partial charge in [-0.25, -0.2) is 9.18 Å². The Kier molecular flexibility index (Phi) is 1.89. The zero-order valence-corrected chi connectivity index (χ0v) is 7.07. The van der Waals surface area contributed by atoms with Crippen LogP contribution in [0.5, 0.6) is 0 Å². The van der Waals surface area contributed by atoms with Crippen LogP contribution in [0.15, 0.2) is 30.5 Å². The van der Waals surface area contributed by atoms with Crippen LogP contribution in [0, 0.1) is 5.82 Å². The Morgan fingerprint density at radius 3 is 2.86 bits per heavy atom. The fraction of sp³-hybridized carbons (Fsp3) is 0. The first kappa shape index (κ1) is 8.62. The number of pyridine rings is 1. The second-order valence-electron chi connectivity index (χ2n) is 2.80. The highest BCUT2D eigenvalue weighted by Crippen LogP contribution is 2.19. The number of hydrogen-bond acceptors (Lipinski definition) is 2. The van der Waals surface area contributed by atoms with E-state index < -0.39 is 11.8 Å². The molecule has 2 aromatic rings. The summed E-state index contributed by atoms with van der Waals surface area (Å²) in [6, 6.07) is 5.57. The molecule has 1 heterocycles. The van der Waals surface area contributed by atoms with Gasteiger partial charge in [0.05, 0.1) is 16.5 Å². The molecule has 14 heavy (non-hydrogen) atoms. The molecule has 0 radical (unpaired) electrons. The topological polar surface area (TPSA) is 50.2 Å². The highest BCUT2D eigenvalue weighted by molar-refractivity contribution is 6.02. The average molecular weight is 191 g/mol. The molecule has 0 spiro atoms. The number of carbonyl (C=O) groups is 1. The molecule has 1 aromatic carbocycles. The third kappa shape index (κ3) is 1.21. The van der Waals surface area contributed by atoms with Crippen LogP contribution >= 0.6 is 0 Å². The highest BCUT2D eigenvalue weighted by Gasteiger charge is 2.11. The van der Waals surface area contributed by atoms with Gasteiger partial charge in [-0.1, -0.05) is 6.07 Å². The van der Waals surface area contributed by atoms with Crippen molar-refractivity contribution < 1.29 is 14.3 Å². The number of fused-ring (bicyclic) bond motifs is 1. The normalized spacial score (nSPS) is 10.4. The van der Waals surface area contributed by atoms with Crippen molar-refractivity contribution in [3.05, 3.63) is 41.8 Å². The van der Waals surface area contributed by atoms with Crippen molar-refractivity contribution in [2.24, 2.45) is 0 Å². The van der Waals surface area contributed by atoms with Gasteiger partial charge in [0.15, 0.2) is 0 Å². The van der Waals surface area contributed by atoms with E-state index in [1.807, 2.05) is 0 Å². The van der Waals surface area contributed by atoms with Gasteiger partial charge < -0.3 is 5.11 Å². The van der Waals surface area contributed by atoms with Crippen molar-refractivity contribution in [3.63, 3.8) is 0 Å². The number of benzene rings is 1. The minimum atomic E-state index is -1.15. The molecular formula is C10H6FNO2. The predicted molar refractivity (Wildman–Crippen MR) is 48.7 cm³/mol. The molecule has 0 atom stereocenters. The number of aromatic carboxylic acids is 1. The average Bonchev–Trinajstić information content (AvgIpc) is 2.17. The van der Waals surface area contributed by atoms with Gasteiger partial charge in [-0.2, -0.15) is 0 Å². The summed E-state index contributed by atoms with van der Waals surface area (Å²) in [5.74, 6) is -1.71. The first-order valence-corrected chi connectivity index (χ1v) is 3.96. The molecule has 0 aliphatic heterocycles. The summed E-state index contributed by atoms with van der Waals surface area (Å²) in [4.78, 5) is 14.7. The molecule has 0 fully saturated rings. The van der Waals surface area contributed by atoms with Gasteiger partial charge in [0, 0.05) is 6.20 Å². The van der Waals surface area contributed by atoms with E-state index in [4.69, 9.17) is 5.11 Å². The summed E-state index contributed by atoms with van der Waals surface area (Å²) in [6.07, 6.45) is 1.35. The maximum atomic E-state index is 13.3. The SMILES string of the molecule is O=C(O)c1ccnc2cccc(F)c12. The van der Waals surface area contributed by atoms with Crippen LogP contribution in [-0.4, -0.2) is 16.1 Å². The Hall–Kier alpha value is -1.97. The third-order valence-corrected chi connectivity index (χ3v) is 1.95. The maximum absolute atomic E-state index is 13.3. The van der Waals surface area contributed by atoms with E-state index in [0.29, 0.717) is 5.52 Å². The summed E-state index contributed by atoms with van der Waals surface area (Å²) in [6.45, 7) is 0. The van der Waals surface area contributed by atoms with Gasteiger partial charge in [-0.3, -0.25) is 4.98 Å². The van der Waals surface area contributed by atoms with E-state index in [1.54, 1.807) is 6.07 Å². The lowest BCUT2D eigenvalue weighted by Crippen LogP contribution is -1.99. The second-order valence-corrected chi connectivity index (χ2v) is 2.80. The van der Waals surface area contributed by atoms with Gasteiger partial charge in [-0.15, -0.1) is 0 Å². The smallest absolute Gasteiger partial charge is 0.336 e. The molecule has 70 valence electrons. The fourth-order valence-corrected chi connectivity index (χ4v) is 1.34. The van der Waals surface area contributed by atoms with E-state index >= 15 is 0 Å². The van der Waals surface area contributed by atoms with Crippen LogP contribution in [0.25, 0.3) is 10.9 Å². The molecule has 0 aliphatic rings. The maximum Gasteiger partial charge on any atom is 0.336 e. The van der Waals surface area contributed by atoms with Crippen molar-refractivity contribution in [2.75, 3.05) is 0 Å². The summed E-state index contributed by atoms with van der Waals surface area (Å²) in [5, 5.41) is 8.87. The molecule has 0 saturated heterocycles. The molecule has 3 nitrogen and oxygen atoms in total. The molecule has 0 amide bonds. The van der Waals surface area contributed by atoms with Crippen LogP contribution in [0.3, 0.4) is 0 Å². The van der Waals surface area contributed by atoms with Crippen molar-refractivity contribution in [1.29, 1.82) is 0 Å². The fourth-order valence-electron chi connectivity index (χ4n) is 1.34. The number of nitrogens with zero attached hydrogens (tertiary/aromatic N) is 1. The molecule has 2 rings (SSSR count). The molecule has 0 bridgehead atoms. The summed E-state index contributed by atoms with van der Waals surface area (Å²) >= 11 is 0. The standard InChI is InChI=1S/C10H6FNO2/c11-7-2-1-3-8-9(7)6(10(13)14)4-5-12-8/h1-5H,(H,13,14). The Labute approximate surface area is 78.8 Å². The number of carboxylic acids is 1. The summed E-state index contributed by atoms with van der Waals surface area (Å²) in [7, 11) is 0. The Morgan fingerprint density at radius 1 is 1.36 bits per heavy atom. The Bertz CT molecular complexity index is 505. The van der Waals surface area contributed by atoms with E-state index in [9.17, 15) is 9.18 Å². The van der Waals surface area contributed by atoms with Crippen LogP contribution < -0.4 is 0 Å². The van der Waals surface area contributed by atoms with Crippen molar-refractivity contribution in [2.45, 2.75) is 0 Å². The van der Waals surface area contributed by atoms with Crippen LogP contribution in [-0.2, 0) is 0 Å². The van der Waals surface area contributed by atoms with E-state index in [-0.39, 0.29) is 10.9 Å². The van der Waals surface area contributed by atoms with Crippen molar-refractivity contribution in [1.82, 2.24) is 4.98 Å². The largest absolute Gasteiger partial charge is 0.478 e. The Morgan fingerprint density at radius 2 is 2.14 bits per heavy atom. The van der Waals surface area contributed by atoms with Crippen LogP contribution in [0.4, 0.5) is 4.39 Å². The number of carboxylic acid groups (broad SMARTS) is 1. The number of hydrogen-bond donors (Lipinski definition) is 1.